The molecule has 4 rings (SSSR count). The van der Waals surface area contributed by atoms with Gasteiger partial charge in [0, 0.05) is 24.5 Å². The maximum atomic E-state index is 10.9. The van der Waals surface area contributed by atoms with Gasteiger partial charge in [-0.3, -0.25) is 9.98 Å². The van der Waals surface area contributed by atoms with E-state index in [0.717, 1.165) is 28.6 Å². The largest absolute Gasteiger partial charge is 2.00 e. The van der Waals surface area contributed by atoms with Crippen molar-refractivity contribution < 1.29 is 26.7 Å². The molecule has 0 unspecified atom stereocenters. The normalized spacial score (nSPS) is 11.6. The zero-order valence-corrected chi connectivity index (χ0v) is 22.8. The van der Waals surface area contributed by atoms with Crippen LogP contribution >= 0.6 is 0 Å². The Kier molecular flexibility index (Phi) is 9.84. The summed E-state index contributed by atoms with van der Waals surface area (Å²) in [7, 11) is 0. The number of benzene rings is 3. The van der Waals surface area contributed by atoms with Crippen LogP contribution in [-0.4, -0.2) is 11.2 Å². The Bertz CT molecular complexity index is 1260. The molecule has 0 aliphatic carbocycles. The maximum absolute atomic E-state index is 10.9. The van der Waals surface area contributed by atoms with Crippen LogP contribution in [0.2, 0.25) is 0 Å². The van der Waals surface area contributed by atoms with Crippen LogP contribution in [0.3, 0.4) is 0 Å². The summed E-state index contributed by atoms with van der Waals surface area (Å²) in [5.74, 6) is -0.873. The summed E-state index contributed by atoms with van der Waals surface area (Å²) in [6.45, 7) is 13.4. The summed E-state index contributed by atoms with van der Waals surface area (Å²) >= 11 is 0. The fourth-order valence-electron chi connectivity index (χ4n) is 3.69. The molecule has 0 atom stereocenters. The summed E-state index contributed by atoms with van der Waals surface area (Å²) in [6.07, 6.45) is 4.55. The van der Waals surface area contributed by atoms with Gasteiger partial charge in [-0.2, -0.15) is 0 Å². The van der Waals surface area contributed by atoms with E-state index in [1.165, 1.54) is 23.3 Å². The Morgan fingerprint density at radius 3 is 1.83 bits per heavy atom. The molecule has 4 nitrogen and oxygen atoms in total. The molecule has 36 heavy (non-hydrogen) atoms. The van der Waals surface area contributed by atoms with Crippen molar-refractivity contribution in [2.75, 3.05) is 0 Å². The summed E-state index contributed by atoms with van der Waals surface area (Å²) in [5.41, 5.74) is 4.91. The Labute approximate surface area is 225 Å². The van der Waals surface area contributed by atoms with Gasteiger partial charge in [0.1, 0.15) is 0 Å². The number of rotatable bonds is 3. The van der Waals surface area contributed by atoms with Crippen LogP contribution in [0, 0.1) is 0 Å². The van der Waals surface area contributed by atoms with Crippen molar-refractivity contribution in [1.29, 1.82) is 0 Å². The molecule has 0 spiro atoms. The standard InChI is InChI=1S/C21H28N2.C10H8O2.Ni/c1-20(2,3)16-10-11-18(21(4,5)6)19(15-16)23-14-12-17-9-7-8-13-22-17;11-9-5-7-3-1-2-4-8(7)6-10(9)12;/h7-11,13-15H,12H2,1-6H3;1-6,11-12H;/q;;+2/p-2. The number of pyridine rings is 1. The molecule has 0 fully saturated rings. The van der Waals surface area contributed by atoms with Crippen molar-refractivity contribution in [2.24, 2.45) is 4.99 Å². The fraction of sp³-hybridized carbons (Fsp3) is 0.290. The maximum Gasteiger partial charge on any atom is 2.00 e. The van der Waals surface area contributed by atoms with E-state index in [1.807, 2.05) is 54.9 Å². The number of hydrogen-bond acceptors (Lipinski definition) is 4. The van der Waals surface area contributed by atoms with Crippen molar-refractivity contribution >= 4 is 22.7 Å². The molecule has 1 aromatic heterocycles. The summed E-state index contributed by atoms with van der Waals surface area (Å²) < 4.78 is 0. The van der Waals surface area contributed by atoms with Crippen molar-refractivity contribution in [3.05, 3.63) is 95.8 Å². The molecule has 0 aliphatic heterocycles. The van der Waals surface area contributed by atoms with Crippen LogP contribution in [0.4, 0.5) is 5.69 Å². The molecular formula is C31H34N2NiO2. The second kappa shape index (κ2) is 12.2. The number of aliphatic imine (C=N–C) groups is 1. The number of fused-ring (bicyclic) bond motifs is 1. The van der Waals surface area contributed by atoms with Crippen molar-refractivity contribution in [3.8, 4) is 11.5 Å². The first kappa shape index (κ1) is 29.1. The molecule has 0 amide bonds. The number of hydrogen-bond donors (Lipinski definition) is 0. The summed E-state index contributed by atoms with van der Waals surface area (Å²) in [5, 5.41) is 23.5. The second-order valence-electron chi connectivity index (χ2n) is 10.7. The van der Waals surface area contributed by atoms with Gasteiger partial charge in [-0.05, 0) is 50.9 Å². The van der Waals surface area contributed by atoms with Gasteiger partial charge in [0.15, 0.2) is 0 Å². The average Bonchev–Trinajstić information content (AvgIpc) is 2.80. The summed E-state index contributed by atoms with van der Waals surface area (Å²) in [6, 6.07) is 22.7. The van der Waals surface area contributed by atoms with Gasteiger partial charge >= 0.3 is 16.5 Å². The smallest absolute Gasteiger partial charge is 0.873 e. The van der Waals surface area contributed by atoms with Crippen molar-refractivity contribution in [2.45, 2.75) is 58.8 Å². The van der Waals surface area contributed by atoms with Gasteiger partial charge in [0.25, 0.3) is 0 Å². The molecule has 1 heterocycles. The van der Waals surface area contributed by atoms with Gasteiger partial charge < -0.3 is 10.2 Å². The van der Waals surface area contributed by atoms with E-state index in [-0.39, 0.29) is 27.3 Å². The first-order valence-corrected chi connectivity index (χ1v) is 11.9. The van der Waals surface area contributed by atoms with Crippen LogP contribution in [0.5, 0.6) is 11.5 Å². The predicted octanol–water partition coefficient (Wildman–Crippen LogP) is 6.61. The van der Waals surface area contributed by atoms with Crippen LogP contribution in [0.1, 0.15) is 58.4 Å². The topological polar surface area (TPSA) is 71.4 Å². The van der Waals surface area contributed by atoms with Gasteiger partial charge in [0.2, 0.25) is 0 Å². The molecular weight excluding hydrogens is 491 g/mol. The zero-order chi connectivity index (χ0) is 25.6. The minimum absolute atomic E-state index is 0. The van der Waals surface area contributed by atoms with Crippen LogP contribution in [-0.2, 0) is 33.7 Å². The van der Waals surface area contributed by atoms with Gasteiger partial charge in [0.05, 0.1) is 5.69 Å². The molecule has 4 aromatic rings. The van der Waals surface area contributed by atoms with Crippen LogP contribution in [0.25, 0.3) is 10.8 Å². The van der Waals surface area contributed by atoms with E-state index in [2.05, 4.69) is 64.7 Å². The Balaban J connectivity index is 0.000000294. The predicted molar refractivity (Wildman–Crippen MR) is 143 cm³/mol. The molecule has 0 radical (unpaired) electrons. The molecule has 0 saturated carbocycles. The van der Waals surface area contributed by atoms with E-state index in [9.17, 15) is 10.2 Å². The Hall–Kier alpha value is -3.17. The fourth-order valence-corrected chi connectivity index (χ4v) is 3.69. The average molecular weight is 525 g/mol. The third kappa shape index (κ3) is 7.93. The number of aromatic nitrogens is 1. The second-order valence-corrected chi connectivity index (χ2v) is 10.7. The number of nitrogens with zero attached hydrogens (tertiary/aromatic N) is 2. The molecule has 0 aliphatic rings. The third-order valence-electron chi connectivity index (χ3n) is 5.74. The van der Waals surface area contributed by atoms with E-state index in [4.69, 9.17) is 4.99 Å². The van der Waals surface area contributed by atoms with Crippen LogP contribution in [0.15, 0.2) is 84.0 Å². The third-order valence-corrected chi connectivity index (χ3v) is 5.74. The van der Waals surface area contributed by atoms with Gasteiger partial charge in [-0.25, -0.2) is 0 Å². The van der Waals surface area contributed by atoms with Crippen LogP contribution < -0.4 is 10.2 Å². The quantitative estimate of drug-likeness (QED) is 0.223. The van der Waals surface area contributed by atoms with Gasteiger partial charge in [-0.1, -0.05) is 96.1 Å². The van der Waals surface area contributed by atoms with E-state index < -0.39 is 11.5 Å². The van der Waals surface area contributed by atoms with Gasteiger partial charge in [-0.15, -0.1) is 11.5 Å². The Morgan fingerprint density at radius 2 is 1.33 bits per heavy atom. The summed E-state index contributed by atoms with van der Waals surface area (Å²) in [4.78, 5) is 9.12. The SMILES string of the molecule is CC(C)(C)c1ccc(C(C)(C)C)c(N=CCc2ccccn2)c1.[Ni+2].[O-]c1cc2ccccc2cc1[O-]. The molecule has 0 saturated heterocycles. The van der Waals surface area contributed by atoms with Crippen molar-refractivity contribution in [1.82, 2.24) is 4.98 Å². The van der Waals surface area contributed by atoms with E-state index in [0.29, 0.717) is 0 Å². The van der Waals surface area contributed by atoms with E-state index in [1.54, 1.807) is 0 Å². The minimum Gasteiger partial charge on any atom is -0.873 e. The Morgan fingerprint density at radius 1 is 0.750 bits per heavy atom. The molecule has 190 valence electrons. The molecule has 0 N–H and O–H groups in total. The first-order valence-electron chi connectivity index (χ1n) is 11.9. The van der Waals surface area contributed by atoms with Crippen molar-refractivity contribution in [3.63, 3.8) is 0 Å². The first-order chi connectivity index (χ1) is 16.4. The monoisotopic (exact) mass is 524 g/mol. The van der Waals surface area contributed by atoms with E-state index >= 15 is 0 Å². The minimum atomic E-state index is -0.436. The molecule has 5 heteroatoms. The zero-order valence-electron chi connectivity index (χ0n) is 21.8. The molecule has 3 aromatic carbocycles. The molecule has 0 bridgehead atoms.